The minimum atomic E-state index is -1.69. The van der Waals surface area contributed by atoms with Crippen LogP contribution in [0.2, 0.25) is 0 Å². The molecule has 0 aromatic heterocycles. The molecule has 3 aliphatic rings. The number of carbonyl (C=O) groups is 1. The Morgan fingerprint density at radius 1 is 1.21 bits per heavy atom. The molecule has 1 amide bonds. The van der Waals surface area contributed by atoms with Crippen molar-refractivity contribution < 1.29 is 24.7 Å². The largest absolute Gasteiger partial charge is 0.547 e. The van der Waals surface area contributed by atoms with Crippen LogP contribution in [0.4, 0.5) is 0 Å². The second-order valence-electron chi connectivity index (χ2n) is 9.38. The number of nitrogens with one attached hydrogen (secondary N) is 2. The van der Waals surface area contributed by atoms with E-state index in [1.165, 1.54) is 6.07 Å². The van der Waals surface area contributed by atoms with Gasteiger partial charge in [0, 0.05) is 44.2 Å². The Morgan fingerprint density at radius 2 is 1.91 bits per heavy atom. The molecule has 1 saturated carbocycles. The number of nitrogens with zero attached hydrogens (tertiary/aromatic N) is 2. The maximum atomic E-state index is 12.7. The zero-order valence-corrected chi connectivity index (χ0v) is 18.8. The van der Waals surface area contributed by atoms with Crippen molar-refractivity contribution in [2.75, 3.05) is 26.2 Å². The van der Waals surface area contributed by atoms with Crippen LogP contribution in [-0.4, -0.2) is 82.2 Å². The molecule has 2 heterocycles. The number of aliphatic hydroxyl groups is 2. The van der Waals surface area contributed by atoms with Gasteiger partial charge in [0.2, 0.25) is 5.91 Å². The molecule has 7 N–H and O–H groups in total. The van der Waals surface area contributed by atoms with Crippen molar-refractivity contribution >= 4 is 19.0 Å². The van der Waals surface area contributed by atoms with Crippen LogP contribution in [0.25, 0.3) is 0 Å². The number of piperazine rings is 1. The predicted octanol–water partition coefficient (Wildman–Crippen LogP) is -0.431. The summed E-state index contributed by atoms with van der Waals surface area (Å²) in [6.07, 6.45) is 3.22. The van der Waals surface area contributed by atoms with Crippen molar-refractivity contribution in [3.05, 3.63) is 29.3 Å². The number of benzene rings is 1. The quantitative estimate of drug-likeness (QED) is 0.150. The lowest BCUT2D eigenvalue weighted by Crippen LogP contribution is -2.54. The normalized spacial score (nSPS) is 26.0. The van der Waals surface area contributed by atoms with E-state index in [9.17, 15) is 20.0 Å². The third kappa shape index (κ3) is 5.60. The molecule has 10 nitrogen and oxygen atoms in total. The van der Waals surface area contributed by atoms with Gasteiger partial charge in [-0.2, -0.15) is 0 Å². The number of hydrogen-bond donors (Lipinski definition) is 6. The zero-order valence-electron chi connectivity index (χ0n) is 18.8. The number of guanidine groups is 1. The highest BCUT2D eigenvalue weighted by molar-refractivity contribution is 6.46. The third-order valence-electron chi connectivity index (χ3n) is 7.24. The number of carbonyl (C=O) groups excluding carboxylic acids is 1. The number of aliphatic hydroxyl groups excluding tert-OH is 1. The Hall–Kier alpha value is -2.34. The van der Waals surface area contributed by atoms with Gasteiger partial charge in [0.1, 0.15) is 5.75 Å². The first kappa shape index (κ1) is 23.8. The fraction of sp³-hybridized carbons (Fsp3) is 0.636. The SMILES string of the molecule is N=C(N)N1CCN(C2CCC(CC(=O)N[C@H]3Cc4cccc(C(O)O)c4OB3O)CC2)CC1. The third-order valence-corrected chi connectivity index (χ3v) is 7.24. The molecule has 1 atom stereocenters. The van der Waals surface area contributed by atoms with E-state index in [0.717, 1.165) is 57.4 Å². The minimum Gasteiger partial charge on any atom is -0.534 e. The summed E-state index contributed by atoms with van der Waals surface area (Å²) in [5, 5.41) is 39.8. The van der Waals surface area contributed by atoms with Gasteiger partial charge in [-0.1, -0.05) is 18.2 Å². The molecular formula is C22H34BN5O5. The van der Waals surface area contributed by atoms with Crippen LogP contribution < -0.4 is 15.7 Å². The van der Waals surface area contributed by atoms with E-state index in [1.807, 2.05) is 4.90 Å². The number of rotatable bonds is 5. The van der Waals surface area contributed by atoms with Gasteiger partial charge in [0.05, 0.1) is 5.94 Å². The molecule has 0 unspecified atom stereocenters. The van der Waals surface area contributed by atoms with E-state index < -0.39 is 19.3 Å². The molecular weight excluding hydrogens is 425 g/mol. The van der Waals surface area contributed by atoms with E-state index >= 15 is 0 Å². The first-order valence-electron chi connectivity index (χ1n) is 11.8. The van der Waals surface area contributed by atoms with Gasteiger partial charge < -0.3 is 35.8 Å². The van der Waals surface area contributed by atoms with Crippen LogP contribution in [0.5, 0.6) is 5.75 Å². The molecule has 2 aliphatic heterocycles. The second kappa shape index (κ2) is 10.3. The maximum absolute atomic E-state index is 12.7. The summed E-state index contributed by atoms with van der Waals surface area (Å²) in [7, 11) is -1.24. The average Bonchev–Trinajstić information content (AvgIpc) is 2.79. The molecule has 4 rings (SSSR count). The number of para-hydroxylation sites is 1. The predicted molar refractivity (Wildman–Crippen MR) is 123 cm³/mol. The fourth-order valence-corrected chi connectivity index (χ4v) is 5.35. The number of amides is 1. The van der Waals surface area contributed by atoms with Gasteiger partial charge in [0.25, 0.3) is 0 Å². The van der Waals surface area contributed by atoms with Crippen LogP contribution in [0, 0.1) is 11.3 Å². The molecule has 0 spiro atoms. The monoisotopic (exact) mass is 459 g/mol. The highest BCUT2D eigenvalue weighted by Crippen LogP contribution is 2.33. The molecule has 1 aromatic rings. The topological polar surface area (TPSA) is 155 Å². The van der Waals surface area contributed by atoms with Crippen molar-refractivity contribution in [2.24, 2.45) is 11.7 Å². The summed E-state index contributed by atoms with van der Waals surface area (Å²) in [5.41, 5.74) is 6.51. The summed E-state index contributed by atoms with van der Waals surface area (Å²) >= 11 is 0. The van der Waals surface area contributed by atoms with Gasteiger partial charge in [0.15, 0.2) is 12.2 Å². The van der Waals surface area contributed by atoms with E-state index in [1.54, 1.807) is 12.1 Å². The minimum absolute atomic E-state index is 0.0945. The highest BCUT2D eigenvalue weighted by atomic mass is 16.5. The molecule has 0 bridgehead atoms. The van der Waals surface area contributed by atoms with E-state index in [2.05, 4.69) is 10.2 Å². The van der Waals surface area contributed by atoms with Crippen LogP contribution >= 0.6 is 0 Å². The lowest BCUT2D eigenvalue weighted by atomic mass is 9.72. The Labute approximate surface area is 194 Å². The van der Waals surface area contributed by atoms with Crippen molar-refractivity contribution in [2.45, 2.75) is 56.8 Å². The van der Waals surface area contributed by atoms with Gasteiger partial charge in [-0.05, 0) is 43.6 Å². The summed E-state index contributed by atoms with van der Waals surface area (Å²) in [6.45, 7) is 3.44. The molecule has 1 saturated heterocycles. The molecule has 1 aromatic carbocycles. The van der Waals surface area contributed by atoms with Crippen molar-refractivity contribution in [1.29, 1.82) is 5.41 Å². The first-order chi connectivity index (χ1) is 15.8. The van der Waals surface area contributed by atoms with Gasteiger partial charge >= 0.3 is 7.12 Å². The summed E-state index contributed by atoms with van der Waals surface area (Å²) < 4.78 is 5.52. The highest BCUT2D eigenvalue weighted by Gasteiger charge is 2.38. The van der Waals surface area contributed by atoms with E-state index in [0.29, 0.717) is 24.8 Å². The smallest absolute Gasteiger partial charge is 0.534 e. The van der Waals surface area contributed by atoms with Crippen LogP contribution in [-0.2, 0) is 11.2 Å². The van der Waals surface area contributed by atoms with Crippen molar-refractivity contribution in [3.8, 4) is 5.75 Å². The first-order valence-corrected chi connectivity index (χ1v) is 11.8. The zero-order chi connectivity index (χ0) is 23.5. The number of nitrogens with two attached hydrogens (primary N) is 1. The summed E-state index contributed by atoms with van der Waals surface area (Å²) in [5.74, 6) is 0.0681. The van der Waals surface area contributed by atoms with E-state index in [-0.39, 0.29) is 23.2 Å². The molecule has 0 radical (unpaired) electrons. The molecule has 11 heteroatoms. The lowest BCUT2D eigenvalue weighted by molar-refractivity contribution is -0.122. The Balaban J connectivity index is 1.23. The standard InChI is InChI=1S/C22H34BN5O5/c24-22(25)28-10-8-27(9-11-28)16-6-4-14(5-7-16)12-19(29)26-18-13-15-2-1-3-17(21(30)31)20(15)33-23(18)32/h1-3,14,16,18,21,30-32H,4-13H2,(H3,24,25)(H,26,29)/t14?,16?,18-/m0/s1. The summed E-state index contributed by atoms with van der Waals surface area (Å²) in [6, 6.07) is 5.56. The molecule has 1 aliphatic carbocycles. The van der Waals surface area contributed by atoms with Crippen LogP contribution in [0.15, 0.2) is 18.2 Å². The van der Waals surface area contributed by atoms with Gasteiger partial charge in [-0.25, -0.2) is 0 Å². The van der Waals surface area contributed by atoms with Gasteiger partial charge in [-0.15, -0.1) is 0 Å². The molecule has 2 fully saturated rings. The van der Waals surface area contributed by atoms with Crippen molar-refractivity contribution in [3.63, 3.8) is 0 Å². The maximum Gasteiger partial charge on any atom is 0.547 e. The van der Waals surface area contributed by atoms with Crippen LogP contribution in [0.3, 0.4) is 0 Å². The average molecular weight is 459 g/mol. The lowest BCUT2D eigenvalue weighted by Gasteiger charge is -2.42. The molecule has 180 valence electrons. The number of hydrogen-bond acceptors (Lipinski definition) is 7. The number of fused-ring (bicyclic) bond motifs is 1. The fourth-order valence-electron chi connectivity index (χ4n) is 5.35. The summed E-state index contributed by atoms with van der Waals surface area (Å²) in [4.78, 5) is 17.1. The van der Waals surface area contributed by atoms with Gasteiger partial charge in [-0.3, -0.25) is 15.1 Å². The van der Waals surface area contributed by atoms with Crippen molar-refractivity contribution in [1.82, 2.24) is 15.1 Å². The Kier molecular flexibility index (Phi) is 7.43. The second-order valence-corrected chi connectivity index (χ2v) is 9.38. The van der Waals surface area contributed by atoms with E-state index in [4.69, 9.17) is 15.8 Å². The van der Waals surface area contributed by atoms with Crippen LogP contribution in [0.1, 0.15) is 49.5 Å². The Bertz CT molecular complexity index is 856. The molecule has 33 heavy (non-hydrogen) atoms. The Morgan fingerprint density at radius 3 is 2.55 bits per heavy atom.